The molecule has 0 bridgehead atoms. The fraction of sp³-hybridized carbons (Fsp3) is 0.222. The van der Waals surface area contributed by atoms with E-state index >= 15 is 0 Å². The van der Waals surface area contributed by atoms with Gasteiger partial charge in [-0.25, -0.2) is 9.48 Å². The summed E-state index contributed by atoms with van der Waals surface area (Å²) >= 11 is 3.11. The first kappa shape index (κ1) is 21.2. The smallest absolute Gasteiger partial charge is 0.404 e. The van der Waals surface area contributed by atoms with Gasteiger partial charge in [-0.2, -0.15) is 9.78 Å². The van der Waals surface area contributed by atoms with Crippen molar-refractivity contribution in [2.45, 2.75) is 20.4 Å². The van der Waals surface area contributed by atoms with Crippen LogP contribution in [0.15, 0.2) is 41.0 Å². The second-order valence-electron chi connectivity index (χ2n) is 6.06. The van der Waals surface area contributed by atoms with Crippen molar-refractivity contribution in [2.24, 2.45) is 0 Å². The molecule has 1 amide bonds. The van der Waals surface area contributed by atoms with Crippen molar-refractivity contribution in [3.05, 3.63) is 62.4 Å². The number of carbonyl (C=O) groups is 2. The number of halogens is 1. The minimum absolute atomic E-state index is 0.0819. The van der Waals surface area contributed by atoms with E-state index in [1.807, 2.05) is 6.07 Å². The molecule has 0 aliphatic rings. The molecular formula is C18H17BrN6O5. The highest BCUT2D eigenvalue weighted by atomic mass is 79.9. The van der Waals surface area contributed by atoms with E-state index in [1.165, 1.54) is 15.6 Å². The molecule has 3 rings (SSSR count). The van der Waals surface area contributed by atoms with Crippen LogP contribution >= 0.6 is 15.9 Å². The van der Waals surface area contributed by atoms with Crippen molar-refractivity contribution in [3.63, 3.8) is 0 Å². The Morgan fingerprint density at radius 2 is 2.00 bits per heavy atom. The highest BCUT2D eigenvalue weighted by molar-refractivity contribution is 9.10. The van der Waals surface area contributed by atoms with Crippen molar-refractivity contribution in [1.82, 2.24) is 19.6 Å². The van der Waals surface area contributed by atoms with Gasteiger partial charge in [0.25, 0.3) is 0 Å². The third kappa shape index (κ3) is 4.22. The van der Waals surface area contributed by atoms with Crippen molar-refractivity contribution < 1.29 is 19.2 Å². The molecule has 0 saturated heterocycles. The summed E-state index contributed by atoms with van der Waals surface area (Å²) in [5, 5.41) is 21.7. The molecule has 12 heteroatoms. The monoisotopic (exact) mass is 476 g/mol. The van der Waals surface area contributed by atoms with E-state index in [1.54, 1.807) is 38.1 Å². The number of benzene rings is 1. The summed E-state index contributed by atoms with van der Waals surface area (Å²) in [4.78, 5) is 35.4. The van der Waals surface area contributed by atoms with Crippen LogP contribution in [0.2, 0.25) is 0 Å². The SMILES string of the molecule is CCOC(=O)c1cnn(-c2ccccc2)c1NC(=O)Cn1nc([N+](=O)[O-])c(Br)c1C. The van der Waals surface area contributed by atoms with Crippen LogP contribution in [0.25, 0.3) is 5.69 Å². The summed E-state index contributed by atoms with van der Waals surface area (Å²) in [6.07, 6.45) is 1.31. The number of nitrogens with one attached hydrogen (secondary N) is 1. The fourth-order valence-corrected chi connectivity index (χ4v) is 3.11. The molecule has 0 spiro atoms. The van der Waals surface area contributed by atoms with Gasteiger partial charge in [-0.1, -0.05) is 18.2 Å². The summed E-state index contributed by atoms with van der Waals surface area (Å²) in [5.41, 5.74) is 1.12. The molecule has 0 unspecified atom stereocenters. The number of para-hydroxylation sites is 1. The van der Waals surface area contributed by atoms with E-state index in [-0.39, 0.29) is 34.8 Å². The second-order valence-corrected chi connectivity index (χ2v) is 6.85. The van der Waals surface area contributed by atoms with Gasteiger partial charge < -0.3 is 20.2 Å². The Hall–Kier alpha value is -3.54. The first-order valence-corrected chi connectivity index (χ1v) is 9.60. The summed E-state index contributed by atoms with van der Waals surface area (Å²) in [7, 11) is 0. The second kappa shape index (κ2) is 8.86. The van der Waals surface area contributed by atoms with Gasteiger partial charge in [-0.3, -0.25) is 4.79 Å². The Kier molecular flexibility index (Phi) is 6.26. The summed E-state index contributed by atoms with van der Waals surface area (Å²) in [6.45, 7) is 3.12. The number of carbonyl (C=O) groups excluding carboxylic acids is 2. The molecule has 11 nitrogen and oxygen atoms in total. The van der Waals surface area contributed by atoms with E-state index in [2.05, 4.69) is 31.4 Å². The molecule has 0 saturated carbocycles. The van der Waals surface area contributed by atoms with E-state index in [0.717, 1.165) is 0 Å². The van der Waals surface area contributed by atoms with Crippen LogP contribution in [-0.2, 0) is 16.1 Å². The van der Waals surface area contributed by atoms with Crippen LogP contribution in [0.1, 0.15) is 23.0 Å². The van der Waals surface area contributed by atoms with Crippen LogP contribution in [0, 0.1) is 17.0 Å². The van der Waals surface area contributed by atoms with Gasteiger partial charge in [0.1, 0.15) is 16.6 Å². The van der Waals surface area contributed by atoms with Gasteiger partial charge in [0.2, 0.25) is 5.91 Å². The number of amides is 1. The molecule has 0 aliphatic heterocycles. The van der Waals surface area contributed by atoms with Gasteiger partial charge in [-0.15, -0.1) is 0 Å². The predicted octanol–water partition coefficient (Wildman–Crippen LogP) is 2.86. The number of hydrogen-bond donors (Lipinski definition) is 1. The molecule has 30 heavy (non-hydrogen) atoms. The molecule has 0 radical (unpaired) electrons. The van der Waals surface area contributed by atoms with Crippen molar-refractivity contribution in [2.75, 3.05) is 11.9 Å². The largest absolute Gasteiger partial charge is 0.462 e. The highest BCUT2D eigenvalue weighted by Crippen LogP contribution is 2.27. The molecule has 0 aliphatic carbocycles. The Bertz CT molecular complexity index is 1110. The molecule has 0 atom stereocenters. The molecule has 156 valence electrons. The average Bonchev–Trinajstić information content (AvgIpc) is 3.25. The molecule has 1 aromatic carbocycles. The molecule has 3 aromatic rings. The highest BCUT2D eigenvalue weighted by Gasteiger charge is 2.26. The van der Waals surface area contributed by atoms with Crippen LogP contribution in [0.4, 0.5) is 11.6 Å². The zero-order valence-corrected chi connectivity index (χ0v) is 17.6. The molecule has 0 fully saturated rings. The van der Waals surface area contributed by atoms with Gasteiger partial charge in [0.05, 0.1) is 29.3 Å². The van der Waals surface area contributed by atoms with Gasteiger partial charge in [-0.05, 0) is 46.8 Å². The number of nitrogens with zero attached hydrogens (tertiary/aromatic N) is 5. The van der Waals surface area contributed by atoms with Gasteiger partial charge in [0.15, 0.2) is 5.82 Å². The van der Waals surface area contributed by atoms with Crippen molar-refractivity contribution in [1.29, 1.82) is 0 Å². The molecular weight excluding hydrogens is 460 g/mol. The maximum atomic E-state index is 12.7. The number of nitro groups is 1. The molecule has 2 aromatic heterocycles. The maximum absolute atomic E-state index is 12.7. The van der Waals surface area contributed by atoms with Crippen LogP contribution in [0.5, 0.6) is 0 Å². The van der Waals surface area contributed by atoms with Gasteiger partial charge >= 0.3 is 11.8 Å². The molecule has 2 heterocycles. The van der Waals surface area contributed by atoms with Gasteiger partial charge in [0, 0.05) is 0 Å². The quantitative estimate of drug-likeness (QED) is 0.314. The fourth-order valence-electron chi connectivity index (χ4n) is 2.68. The number of aromatic nitrogens is 4. The number of hydrogen-bond acceptors (Lipinski definition) is 7. The topological polar surface area (TPSA) is 134 Å². The Morgan fingerprint density at radius 1 is 1.30 bits per heavy atom. The van der Waals surface area contributed by atoms with Crippen LogP contribution < -0.4 is 5.32 Å². The lowest BCUT2D eigenvalue weighted by Crippen LogP contribution is -2.23. The lowest BCUT2D eigenvalue weighted by atomic mass is 10.3. The summed E-state index contributed by atoms with van der Waals surface area (Å²) < 4.78 is 7.84. The Morgan fingerprint density at radius 3 is 2.60 bits per heavy atom. The minimum atomic E-state index is -0.644. The first-order valence-electron chi connectivity index (χ1n) is 8.81. The zero-order chi connectivity index (χ0) is 21.8. The summed E-state index contributed by atoms with van der Waals surface area (Å²) in [6, 6.07) is 8.92. The first-order chi connectivity index (χ1) is 14.3. The van der Waals surface area contributed by atoms with E-state index in [0.29, 0.717) is 11.4 Å². The van der Waals surface area contributed by atoms with E-state index < -0.39 is 16.8 Å². The van der Waals surface area contributed by atoms with Crippen molar-refractivity contribution in [3.8, 4) is 5.69 Å². The van der Waals surface area contributed by atoms with Crippen LogP contribution in [0.3, 0.4) is 0 Å². The molecule has 1 N–H and O–H groups in total. The predicted molar refractivity (Wildman–Crippen MR) is 109 cm³/mol. The number of rotatable bonds is 7. The Balaban J connectivity index is 1.92. The Labute approximate surface area is 178 Å². The average molecular weight is 477 g/mol. The number of ether oxygens (including phenoxy) is 1. The third-order valence-corrected chi connectivity index (χ3v) is 5.03. The minimum Gasteiger partial charge on any atom is -0.462 e. The van der Waals surface area contributed by atoms with Crippen LogP contribution in [-0.4, -0.2) is 43.0 Å². The lowest BCUT2D eigenvalue weighted by molar-refractivity contribution is -0.390. The standard InChI is InChI=1S/C18H17BrN6O5/c1-3-30-18(27)13-9-20-24(12-7-5-4-6-8-12)16(13)21-14(26)10-23-11(2)15(19)17(22-23)25(28)29/h4-9H,3,10H2,1-2H3,(H,21,26). The lowest BCUT2D eigenvalue weighted by Gasteiger charge is -2.11. The normalized spacial score (nSPS) is 10.6. The van der Waals surface area contributed by atoms with E-state index in [4.69, 9.17) is 4.74 Å². The third-order valence-electron chi connectivity index (χ3n) is 4.11. The van der Waals surface area contributed by atoms with Crippen molar-refractivity contribution >= 4 is 39.4 Å². The number of esters is 1. The number of anilines is 1. The summed E-state index contributed by atoms with van der Waals surface area (Å²) in [5.74, 6) is -1.44. The van der Waals surface area contributed by atoms with E-state index in [9.17, 15) is 19.7 Å². The zero-order valence-electron chi connectivity index (χ0n) is 16.0. The maximum Gasteiger partial charge on any atom is 0.404 e.